The highest BCUT2D eigenvalue weighted by Crippen LogP contribution is 2.58. The van der Waals surface area contributed by atoms with Crippen molar-refractivity contribution in [2.75, 3.05) is 71.5 Å². The molecule has 5 atom stereocenters. The van der Waals surface area contributed by atoms with Crippen molar-refractivity contribution in [2.45, 2.75) is 49.9 Å². The van der Waals surface area contributed by atoms with E-state index in [0.717, 1.165) is 42.6 Å². The van der Waals surface area contributed by atoms with Gasteiger partial charge in [-0.1, -0.05) is 108 Å². The lowest BCUT2D eigenvalue weighted by Crippen LogP contribution is -2.42. The predicted molar refractivity (Wildman–Crippen MR) is 250 cm³/mol. The van der Waals surface area contributed by atoms with Gasteiger partial charge in [-0.2, -0.15) is 4.98 Å². The number of carbonyl (C=O) groups excluding carboxylic acids is 1. The highest BCUT2D eigenvalue weighted by molar-refractivity contribution is 8.53. The van der Waals surface area contributed by atoms with E-state index in [1.165, 1.54) is 16.3 Å². The van der Waals surface area contributed by atoms with Crippen molar-refractivity contribution >= 4 is 41.6 Å². The van der Waals surface area contributed by atoms with Crippen molar-refractivity contribution in [1.29, 1.82) is 0 Å². The Morgan fingerprint density at radius 2 is 1.43 bits per heavy atom. The van der Waals surface area contributed by atoms with Crippen LogP contribution in [0, 0.1) is 6.92 Å². The molecule has 2 aliphatic heterocycles. The average Bonchev–Trinajstić information content (AvgIpc) is 3.98. The Balaban J connectivity index is 1.28. The number of carbonyl (C=O) groups is 1. The fraction of sp³-hybridized carbons (Fsp3) is 0.383. The van der Waals surface area contributed by atoms with Crippen molar-refractivity contribution in [3.05, 3.63) is 154 Å². The molecule has 0 aliphatic carbocycles. The number of hydrogen-bond donors (Lipinski definition) is 1. The van der Waals surface area contributed by atoms with Gasteiger partial charge in [-0.3, -0.25) is 14.0 Å². The first kappa shape index (κ1) is 46.7. The van der Waals surface area contributed by atoms with E-state index < -0.39 is 43.3 Å². The minimum absolute atomic E-state index is 0.0175. The molecule has 5 aromatic rings. The molecule has 0 bridgehead atoms. The minimum atomic E-state index is -1.29. The molecule has 13 nitrogen and oxygen atoms in total. The molecule has 16 heteroatoms. The van der Waals surface area contributed by atoms with E-state index in [1.807, 2.05) is 109 Å². The monoisotopic (exact) mass is 914 g/mol. The lowest BCUT2D eigenvalue weighted by molar-refractivity contribution is -0.0989. The van der Waals surface area contributed by atoms with Crippen molar-refractivity contribution < 1.29 is 37.7 Å². The maximum absolute atomic E-state index is 13.7. The number of nitrogens with two attached hydrogens (primary N) is 1. The van der Waals surface area contributed by atoms with Crippen molar-refractivity contribution in [3.8, 4) is 11.5 Å². The summed E-state index contributed by atoms with van der Waals surface area (Å²) < 4.78 is 48.8. The number of hydrogen-bond acceptors (Lipinski definition) is 14. The SMILES string of the molecule is COCCO[C@H]1C(OP(SCCSC(=O)c2ccccc2)N2CCCC2)[C@@H](COC(c2ccccc2)(c2ccc(OC)cc2)c2ccc(OC)cc2)O[C@H]1n1cc(C)c(N)nc1=O. The van der Waals surface area contributed by atoms with E-state index in [1.54, 1.807) is 45.8 Å². The third-order valence-electron chi connectivity index (χ3n) is 11.0. The van der Waals surface area contributed by atoms with Gasteiger partial charge in [0, 0.05) is 49.0 Å². The van der Waals surface area contributed by atoms with Crippen LogP contribution in [-0.2, 0) is 29.1 Å². The van der Waals surface area contributed by atoms with Gasteiger partial charge in [0.15, 0.2) is 13.7 Å². The van der Waals surface area contributed by atoms with Gasteiger partial charge < -0.3 is 38.7 Å². The Bertz CT molecular complexity index is 2220. The van der Waals surface area contributed by atoms with Crippen LogP contribution in [0.25, 0.3) is 0 Å². The summed E-state index contributed by atoms with van der Waals surface area (Å²) in [6.07, 6.45) is 0.527. The van der Waals surface area contributed by atoms with Crippen LogP contribution in [0.1, 0.15) is 51.7 Å². The maximum atomic E-state index is 13.7. The molecule has 0 amide bonds. The summed E-state index contributed by atoms with van der Waals surface area (Å²) in [5.41, 5.74) is 8.26. The van der Waals surface area contributed by atoms with Crippen LogP contribution in [0.3, 0.4) is 0 Å². The van der Waals surface area contributed by atoms with Crippen LogP contribution in [0.2, 0.25) is 0 Å². The summed E-state index contributed by atoms with van der Waals surface area (Å²) in [5, 5.41) is 0.0342. The van der Waals surface area contributed by atoms with E-state index in [9.17, 15) is 9.59 Å². The summed E-state index contributed by atoms with van der Waals surface area (Å²) in [5.74, 6) is 2.83. The molecule has 2 aliphatic rings. The summed E-state index contributed by atoms with van der Waals surface area (Å²) in [6, 6.07) is 35.1. The van der Waals surface area contributed by atoms with Crippen LogP contribution in [0.15, 0.2) is 120 Å². The van der Waals surface area contributed by atoms with Crippen LogP contribution >= 0.6 is 30.6 Å². The number of nitrogens with zero attached hydrogens (tertiary/aromatic N) is 3. The van der Waals surface area contributed by atoms with Crippen LogP contribution in [-0.4, -0.2) is 103 Å². The molecular formula is C47H55N4O9PS2. The molecule has 0 spiro atoms. The zero-order valence-electron chi connectivity index (χ0n) is 36.0. The highest BCUT2D eigenvalue weighted by Gasteiger charge is 2.51. The number of thioether (sulfide) groups is 1. The Hall–Kier alpha value is -4.28. The molecule has 7 rings (SSSR count). The second kappa shape index (κ2) is 22.6. The highest BCUT2D eigenvalue weighted by atomic mass is 32.7. The van der Waals surface area contributed by atoms with Crippen molar-refractivity contribution in [2.24, 2.45) is 0 Å². The summed E-state index contributed by atoms with van der Waals surface area (Å²) in [6.45, 7) is 4.07. The first-order valence-electron chi connectivity index (χ1n) is 20.9. The minimum Gasteiger partial charge on any atom is -0.497 e. The van der Waals surface area contributed by atoms with E-state index >= 15 is 0 Å². The lowest BCUT2D eigenvalue weighted by Gasteiger charge is -2.38. The number of anilines is 1. The topological polar surface area (TPSA) is 146 Å². The Morgan fingerprint density at radius 1 is 0.825 bits per heavy atom. The van der Waals surface area contributed by atoms with Gasteiger partial charge in [0.2, 0.25) is 5.12 Å². The number of aryl methyl sites for hydroxylation is 1. The van der Waals surface area contributed by atoms with E-state index in [2.05, 4.69) is 9.65 Å². The van der Waals surface area contributed by atoms with Gasteiger partial charge in [0.05, 0.1) is 34.0 Å². The quantitative estimate of drug-likeness (QED) is 0.0430. The number of nitrogen functional groups attached to an aromatic ring is 1. The molecule has 334 valence electrons. The zero-order chi connectivity index (χ0) is 44.2. The molecule has 4 aromatic carbocycles. The molecule has 2 fully saturated rings. The van der Waals surface area contributed by atoms with Gasteiger partial charge in [0.1, 0.15) is 41.2 Å². The van der Waals surface area contributed by atoms with Crippen LogP contribution < -0.4 is 20.9 Å². The fourth-order valence-corrected chi connectivity index (χ4v) is 13.0. The first-order valence-corrected chi connectivity index (χ1v) is 24.7. The summed E-state index contributed by atoms with van der Waals surface area (Å²) in [7, 11) is 3.60. The normalized spacial score (nSPS) is 19.6. The van der Waals surface area contributed by atoms with E-state index in [-0.39, 0.29) is 24.1 Å². The van der Waals surface area contributed by atoms with E-state index in [0.29, 0.717) is 40.7 Å². The summed E-state index contributed by atoms with van der Waals surface area (Å²) >= 11 is 3.00. The van der Waals surface area contributed by atoms with E-state index in [4.69, 9.17) is 38.7 Å². The third kappa shape index (κ3) is 11.2. The first-order chi connectivity index (χ1) is 30.7. The second-order valence-corrected chi connectivity index (χ2v) is 19.7. The number of aromatic nitrogens is 2. The number of rotatable bonds is 21. The molecule has 2 N–H and O–H groups in total. The number of methoxy groups -OCH3 is 3. The van der Waals surface area contributed by atoms with Crippen LogP contribution in [0.5, 0.6) is 11.5 Å². The average molecular weight is 915 g/mol. The Labute approximate surface area is 378 Å². The molecule has 2 saturated heterocycles. The molecule has 3 heterocycles. The molecule has 2 unspecified atom stereocenters. The van der Waals surface area contributed by atoms with Gasteiger partial charge >= 0.3 is 5.69 Å². The second-order valence-electron chi connectivity index (χ2n) is 15.0. The standard InChI is InChI=1S/C47H55N4O9PS2/c1-33-31-51(46(53)49-43(33)48)44-42(57-28-27-54-2)41(60-61(50-25-11-12-26-50)63-30-29-62-45(52)34-13-7-5-8-14-34)40(59-44)32-58-47(35-15-9-6-10-16-35,36-17-21-38(55-3)22-18-36)37-19-23-39(56-4)24-20-37/h5-10,13-24,31,40-42,44H,11-12,25-30,32H2,1-4H3,(H2,48,49,53)/t40-,41?,42+,44-,61?/m1/s1. The van der Waals surface area contributed by atoms with Crippen molar-refractivity contribution in [1.82, 2.24) is 14.2 Å². The number of ether oxygens (including phenoxy) is 6. The lowest BCUT2D eigenvalue weighted by atomic mass is 9.80. The molecule has 63 heavy (non-hydrogen) atoms. The third-order valence-corrected chi connectivity index (χ3v) is 16.2. The molecule has 1 aromatic heterocycles. The number of benzene rings is 4. The van der Waals surface area contributed by atoms with Gasteiger partial charge in [-0.15, -0.1) is 0 Å². The maximum Gasteiger partial charge on any atom is 0.351 e. The Morgan fingerprint density at radius 3 is 2.03 bits per heavy atom. The molecule has 0 saturated carbocycles. The fourth-order valence-electron chi connectivity index (χ4n) is 7.73. The molecule has 0 radical (unpaired) electrons. The predicted octanol–water partition coefficient (Wildman–Crippen LogP) is 8.10. The van der Waals surface area contributed by atoms with Gasteiger partial charge in [-0.05, 0) is 60.7 Å². The Kier molecular flexibility index (Phi) is 16.7. The largest absolute Gasteiger partial charge is 0.497 e. The molecular weight excluding hydrogens is 860 g/mol. The zero-order valence-corrected chi connectivity index (χ0v) is 38.5. The van der Waals surface area contributed by atoms with Gasteiger partial charge in [0.25, 0.3) is 0 Å². The van der Waals surface area contributed by atoms with Gasteiger partial charge in [-0.25, -0.2) is 4.79 Å². The van der Waals surface area contributed by atoms with Crippen molar-refractivity contribution in [3.63, 3.8) is 0 Å². The smallest absolute Gasteiger partial charge is 0.351 e. The van der Waals surface area contributed by atoms with Crippen LogP contribution in [0.4, 0.5) is 5.82 Å². The summed E-state index contributed by atoms with van der Waals surface area (Å²) in [4.78, 5) is 30.8.